The first-order valence-corrected chi connectivity index (χ1v) is 12.1. The molecule has 0 radical (unpaired) electrons. The number of amides is 1. The third-order valence-corrected chi connectivity index (χ3v) is 6.26. The van der Waals surface area contributed by atoms with Crippen LogP contribution < -0.4 is 5.32 Å². The molecule has 0 aliphatic heterocycles. The normalized spacial score (nSPS) is 11.0. The highest BCUT2D eigenvalue weighted by Crippen LogP contribution is 2.33. The molecule has 0 fully saturated rings. The number of aryl methyl sites for hydroxylation is 1. The number of furan rings is 1. The summed E-state index contributed by atoms with van der Waals surface area (Å²) in [6.07, 6.45) is 2.99. The summed E-state index contributed by atoms with van der Waals surface area (Å²) in [6.45, 7) is 3.62. The van der Waals surface area contributed by atoms with Gasteiger partial charge in [-0.2, -0.15) is 15.6 Å². The van der Waals surface area contributed by atoms with E-state index < -0.39 is 5.91 Å². The molecule has 0 atom stereocenters. The van der Waals surface area contributed by atoms with E-state index in [1.54, 1.807) is 23.7 Å². The Morgan fingerprint density at radius 3 is 2.36 bits per heavy atom. The van der Waals surface area contributed by atoms with E-state index in [2.05, 4.69) is 16.4 Å². The molecule has 8 heteroatoms. The molecule has 2 aromatic carbocycles. The molecule has 0 unspecified atom stereocenters. The van der Waals surface area contributed by atoms with Crippen molar-refractivity contribution in [1.29, 1.82) is 10.5 Å². The molecule has 0 saturated heterocycles. The second kappa shape index (κ2) is 10.7. The summed E-state index contributed by atoms with van der Waals surface area (Å²) in [5.74, 6) is -0.154. The van der Waals surface area contributed by atoms with Crippen LogP contribution in [0.2, 0.25) is 0 Å². The van der Waals surface area contributed by atoms with E-state index in [4.69, 9.17) is 9.52 Å². The molecule has 0 aliphatic rings. The van der Waals surface area contributed by atoms with E-state index in [1.165, 1.54) is 12.3 Å². The maximum absolute atomic E-state index is 13.3. The fourth-order valence-electron chi connectivity index (χ4n) is 4.22. The number of para-hydroxylation sites is 1. The minimum Gasteiger partial charge on any atom is -0.464 e. The fraction of sp³-hybridized carbons (Fsp3) is 0.0645. The van der Waals surface area contributed by atoms with E-state index in [-0.39, 0.29) is 17.0 Å². The lowest BCUT2D eigenvalue weighted by molar-refractivity contribution is -0.112. The van der Waals surface area contributed by atoms with Crippen molar-refractivity contribution in [3.8, 4) is 40.4 Å². The number of pyridine rings is 1. The molecule has 3 heterocycles. The second-order valence-corrected chi connectivity index (χ2v) is 8.70. The molecule has 39 heavy (non-hydrogen) atoms. The number of hydrogen-bond acceptors (Lipinski definition) is 6. The summed E-state index contributed by atoms with van der Waals surface area (Å²) in [7, 11) is 0. The Bertz CT molecular complexity index is 1770. The van der Waals surface area contributed by atoms with Crippen molar-refractivity contribution in [3.63, 3.8) is 0 Å². The monoisotopic (exact) mass is 510 g/mol. The van der Waals surface area contributed by atoms with Crippen LogP contribution in [-0.4, -0.2) is 20.7 Å². The van der Waals surface area contributed by atoms with Gasteiger partial charge >= 0.3 is 0 Å². The van der Waals surface area contributed by atoms with Gasteiger partial charge in [0.2, 0.25) is 0 Å². The van der Waals surface area contributed by atoms with E-state index in [9.17, 15) is 15.3 Å². The Morgan fingerprint density at radius 1 is 1.00 bits per heavy atom. The average molecular weight is 511 g/mol. The number of nitrogens with zero attached hydrogens (tertiary/aromatic N) is 5. The Kier molecular flexibility index (Phi) is 6.85. The van der Waals surface area contributed by atoms with Crippen LogP contribution in [0.15, 0.2) is 95.1 Å². The predicted molar refractivity (Wildman–Crippen MR) is 147 cm³/mol. The molecule has 0 bridgehead atoms. The van der Waals surface area contributed by atoms with Crippen LogP contribution in [0.5, 0.6) is 0 Å². The summed E-state index contributed by atoms with van der Waals surface area (Å²) < 4.78 is 7.21. The molecule has 0 saturated carbocycles. The van der Waals surface area contributed by atoms with Gasteiger partial charge in [0.1, 0.15) is 29.0 Å². The van der Waals surface area contributed by atoms with Crippen molar-refractivity contribution in [2.75, 3.05) is 5.32 Å². The highest BCUT2D eigenvalue weighted by Gasteiger charge is 2.22. The molecule has 1 amide bonds. The SMILES string of the molecule is Cc1nc(NC(=O)/C(C#N)=C/c2cc(-c3ccccc3)nn2-c2ccccc2)c(C#N)c(-c2ccco2)c1C. The first kappa shape index (κ1) is 24.9. The van der Waals surface area contributed by atoms with Gasteiger partial charge in [-0.1, -0.05) is 48.5 Å². The van der Waals surface area contributed by atoms with Crippen molar-refractivity contribution >= 4 is 17.8 Å². The van der Waals surface area contributed by atoms with Crippen LogP contribution in [0.1, 0.15) is 22.5 Å². The van der Waals surface area contributed by atoms with Gasteiger partial charge in [-0.05, 0) is 55.8 Å². The van der Waals surface area contributed by atoms with Crippen molar-refractivity contribution in [2.24, 2.45) is 0 Å². The predicted octanol–water partition coefficient (Wildman–Crippen LogP) is 6.23. The van der Waals surface area contributed by atoms with Crippen LogP contribution in [0.3, 0.4) is 0 Å². The standard InChI is InChI=1S/C31H22N6O2/c1-20-21(2)34-30(26(19-33)29(20)28-14-9-15-39-28)35-31(38)23(18-32)16-25-17-27(22-10-5-3-6-11-22)36-37(25)24-12-7-4-8-13-24/h3-17H,1-2H3,(H,34,35,38)/b23-16+. The number of rotatable bonds is 6. The third kappa shape index (κ3) is 4.95. The zero-order chi connectivity index (χ0) is 27.4. The topological polar surface area (TPSA) is 121 Å². The summed E-state index contributed by atoms with van der Waals surface area (Å²) in [4.78, 5) is 17.8. The highest BCUT2D eigenvalue weighted by atomic mass is 16.3. The fourth-order valence-corrected chi connectivity index (χ4v) is 4.22. The first-order chi connectivity index (χ1) is 19.0. The molecular formula is C31H22N6O2. The lowest BCUT2D eigenvalue weighted by Gasteiger charge is -2.13. The van der Waals surface area contributed by atoms with Gasteiger partial charge in [-0.3, -0.25) is 4.79 Å². The van der Waals surface area contributed by atoms with Crippen molar-refractivity contribution in [3.05, 3.63) is 113 Å². The lowest BCUT2D eigenvalue weighted by Crippen LogP contribution is -2.17. The Morgan fingerprint density at radius 2 is 1.72 bits per heavy atom. The number of nitrogens with one attached hydrogen (secondary N) is 1. The summed E-state index contributed by atoms with van der Waals surface area (Å²) in [5, 5.41) is 27.3. The third-order valence-electron chi connectivity index (χ3n) is 6.26. The molecule has 1 N–H and O–H groups in total. The van der Waals surface area contributed by atoms with Crippen LogP contribution in [0.4, 0.5) is 5.82 Å². The van der Waals surface area contributed by atoms with Crippen LogP contribution in [0, 0.1) is 36.5 Å². The van der Waals surface area contributed by atoms with E-state index in [0.717, 1.165) is 16.8 Å². The van der Waals surface area contributed by atoms with E-state index in [1.807, 2.05) is 79.7 Å². The van der Waals surface area contributed by atoms with Crippen molar-refractivity contribution in [1.82, 2.24) is 14.8 Å². The van der Waals surface area contributed by atoms with Gasteiger partial charge in [0.25, 0.3) is 5.91 Å². The number of anilines is 1. The highest BCUT2D eigenvalue weighted by molar-refractivity contribution is 6.10. The summed E-state index contributed by atoms with van der Waals surface area (Å²) in [6, 6.07) is 28.5. The van der Waals surface area contributed by atoms with Crippen LogP contribution in [0.25, 0.3) is 34.3 Å². The maximum atomic E-state index is 13.3. The molecule has 8 nitrogen and oxygen atoms in total. The molecule has 5 aromatic rings. The number of aromatic nitrogens is 3. The van der Waals surface area contributed by atoms with Crippen LogP contribution >= 0.6 is 0 Å². The minimum atomic E-state index is -0.697. The van der Waals surface area contributed by atoms with Gasteiger partial charge in [-0.15, -0.1) is 0 Å². The maximum Gasteiger partial charge on any atom is 0.267 e. The average Bonchev–Trinajstić information content (AvgIpc) is 3.65. The lowest BCUT2D eigenvalue weighted by atomic mass is 10.00. The summed E-state index contributed by atoms with van der Waals surface area (Å²) in [5.41, 5.74) is 4.80. The molecule has 3 aromatic heterocycles. The van der Waals surface area contributed by atoms with Gasteiger partial charge in [0.15, 0.2) is 5.82 Å². The Labute approximate surface area is 225 Å². The van der Waals surface area contributed by atoms with Gasteiger partial charge in [-0.25, -0.2) is 9.67 Å². The second-order valence-electron chi connectivity index (χ2n) is 8.70. The quantitative estimate of drug-likeness (QED) is 0.214. The van der Waals surface area contributed by atoms with Crippen LogP contribution in [-0.2, 0) is 4.79 Å². The number of carbonyl (C=O) groups is 1. The Balaban J connectivity index is 1.56. The molecular weight excluding hydrogens is 488 g/mol. The zero-order valence-electron chi connectivity index (χ0n) is 21.2. The summed E-state index contributed by atoms with van der Waals surface area (Å²) >= 11 is 0. The molecule has 0 spiro atoms. The van der Waals surface area contributed by atoms with Gasteiger partial charge in [0.05, 0.1) is 23.3 Å². The van der Waals surface area contributed by atoms with Gasteiger partial charge < -0.3 is 9.73 Å². The minimum absolute atomic E-state index is 0.0553. The van der Waals surface area contributed by atoms with Crippen molar-refractivity contribution < 1.29 is 9.21 Å². The van der Waals surface area contributed by atoms with Gasteiger partial charge in [0, 0.05) is 16.8 Å². The number of benzene rings is 2. The number of carbonyl (C=O) groups excluding carboxylic acids is 1. The van der Waals surface area contributed by atoms with E-state index >= 15 is 0 Å². The first-order valence-electron chi connectivity index (χ1n) is 12.1. The molecule has 5 rings (SSSR count). The van der Waals surface area contributed by atoms with E-state index in [0.29, 0.717) is 28.4 Å². The number of hydrogen-bond donors (Lipinski definition) is 1. The van der Waals surface area contributed by atoms with Crippen molar-refractivity contribution in [2.45, 2.75) is 13.8 Å². The smallest absolute Gasteiger partial charge is 0.267 e. The Hall–Kier alpha value is -5.73. The molecule has 0 aliphatic carbocycles. The zero-order valence-corrected chi connectivity index (χ0v) is 21.2. The number of nitriles is 2. The largest absolute Gasteiger partial charge is 0.464 e. The molecule has 188 valence electrons.